The van der Waals surface area contributed by atoms with Gasteiger partial charge in [0.2, 0.25) is 0 Å². The van der Waals surface area contributed by atoms with Crippen LogP contribution >= 0.6 is 15.9 Å². The molecule has 4 nitrogen and oxygen atoms in total. The van der Waals surface area contributed by atoms with Crippen molar-refractivity contribution in [1.29, 1.82) is 5.26 Å². The van der Waals surface area contributed by atoms with Crippen LogP contribution in [0.4, 0.5) is 4.39 Å². The molecule has 4 aromatic rings. The molecule has 1 heterocycles. The van der Waals surface area contributed by atoms with Gasteiger partial charge in [0.1, 0.15) is 29.8 Å². The van der Waals surface area contributed by atoms with E-state index in [9.17, 15) is 14.4 Å². The van der Waals surface area contributed by atoms with Crippen LogP contribution in [-0.4, -0.2) is 4.98 Å². The third-order valence-electron chi connectivity index (χ3n) is 4.78. The summed E-state index contributed by atoms with van der Waals surface area (Å²) in [6.45, 7) is 0.320. The molecule has 0 spiro atoms. The summed E-state index contributed by atoms with van der Waals surface area (Å²) in [5, 5.41) is 9.46. The van der Waals surface area contributed by atoms with Gasteiger partial charge in [0.15, 0.2) is 0 Å². The largest absolute Gasteiger partial charge is 0.489 e. The molecule has 0 fully saturated rings. The van der Waals surface area contributed by atoms with E-state index in [1.54, 1.807) is 30.3 Å². The summed E-state index contributed by atoms with van der Waals surface area (Å²) in [6, 6.07) is 24.7. The molecule has 0 saturated heterocycles. The monoisotopic (exact) mass is 474 g/mol. The molecule has 0 radical (unpaired) electrons. The number of rotatable bonds is 5. The average Bonchev–Trinajstić information content (AvgIpc) is 2.79. The highest BCUT2D eigenvalue weighted by Gasteiger charge is 2.12. The number of hydrogen-bond acceptors (Lipinski definition) is 3. The van der Waals surface area contributed by atoms with E-state index in [0.29, 0.717) is 23.6 Å². The predicted molar refractivity (Wildman–Crippen MR) is 121 cm³/mol. The van der Waals surface area contributed by atoms with E-state index in [1.165, 1.54) is 12.1 Å². The summed E-state index contributed by atoms with van der Waals surface area (Å²) in [6.07, 6.45) is 0. The fourth-order valence-electron chi connectivity index (χ4n) is 3.16. The van der Waals surface area contributed by atoms with Gasteiger partial charge in [-0.05, 0) is 71.3 Å². The fourth-order valence-corrected chi connectivity index (χ4v) is 3.43. The van der Waals surface area contributed by atoms with Crippen LogP contribution in [0, 0.1) is 17.1 Å². The van der Waals surface area contributed by atoms with E-state index >= 15 is 0 Å². The summed E-state index contributed by atoms with van der Waals surface area (Å²) >= 11 is 3.40. The molecular formula is C25H16BrFN2O2. The van der Waals surface area contributed by atoms with Crippen molar-refractivity contribution in [2.45, 2.75) is 6.61 Å². The number of aromatic amines is 1. The van der Waals surface area contributed by atoms with Crippen molar-refractivity contribution in [1.82, 2.24) is 4.98 Å². The molecule has 0 aliphatic carbocycles. The Morgan fingerprint density at radius 1 is 0.935 bits per heavy atom. The lowest BCUT2D eigenvalue weighted by atomic mass is 9.99. The summed E-state index contributed by atoms with van der Waals surface area (Å²) in [4.78, 5) is 15.3. The topological polar surface area (TPSA) is 65.9 Å². The summed E-state index contributed by atoms with van der Waals surface area (Å²) < 4.78 is 19.7. The van der Waals surface area contributed by atoms with Gasteiger partial charge >= 0.3 is 0 Å². The van der Waals surface area contributed by atoms with Crippen LogP contribution in [-0.2, 0) is 6.61 Å². The third-order valence-corrected chi connectivity index (χ3v) is 5.31. The maximum absolute atomic E-state index is 13.0. The lowest BCUT2D eigenvalue weighted by molar-refractivity contribution is 0.306. The van der Waals surface area contributed by atoms with Crippen molar-refractivity contribution in [3.8, 4) is 34.2 Å². The van der Waals surface area contributed by atoms with Crippen molar-refractivity contribution in [3.63, 3.8) is 0 Å². The van der Waals surface area contributed by atoms with E-state index < -0.39 is 5.56 Å². The zero-order valence-corrected chi connectivity index (χ0v) is 17.8. The van der Waals surface area contributed by atoms with Crippen LogP contribution in [0.2, 0.25) is 0 Å². The molecule has 0 unspecified atom stereocenters. The van der Waals surface area contributed by atoms with Crippen LogP contribution in [0.25, 0.3) is 22.4 Å². The number of pyridine rings is 1. The van der Waals surface area contributed by atoms with E-state index in [0.717, 1.165) is 21.2 Å². The van der Waals surface area contributed by atoms with Gasteiger partial charge in [-0.1, -0.05) is 40.2 Å². The highest BCUT2D eigenvalue weighted by Crippen LogP contribution is 2.28. The number of nitriles is 1. The molecule has 0 atom stereocenters. The van der Waals surface area contributed by atoms with Crippen molar-refractivity contribution < 1.29 is 9.13 Å². The Morgan fingerprint density at radius 3 is 2.23 bits per heavy atom. The fraction of sp³-hybridized carbons (Fsp3) is 0.0400. The SMILES string of the molecule is N#Cc1c(-c2ccc(Br)cc2)cc(-c2ccc(OCc3ccc(F)cc3)cc2)[nH]c1=O. The Hall–Kier alpha value is -3.69. The van der Waals surface area contributed by atoms with Crippen LogP contribution in [0.1, 0.15) is 11.1 Å². The molecule has 6 heteroatoms. The van der Waals surface area contributed by atoms with Crippen LogP contribution < -0.4 is 10.3 Å². The Morgan fingerprint density at radius 2 is 1.58 bits per heavy atom. The number of aromatic nitrogens is 1. The summed E-state index contributed by atoms with van der Waals surface area (Å²) in [5.74, 6) is 0.365. The molecule has 0 aliphatic rings. The first-order valence-corrected chi connectivity index (χ1v) is 10.2. The first-order valence-electron chi connectivity index (χ1n) is 9.44. The number of ether oxygens (including phenoxy) is 1. The van der Waals surface area contributed by atoms with Crippen LogP contribution in [0.3, 0.4) is 0 Å². The summed E-state index contributed by atoms with van der Waals surface area (Å²) in [5.41, 5.74) is 3.25. The quantitative estimate of drug-likeness (QED) is 0.382. The highest BCUT2D eigenvalue weighted by molar-refractivity contribution is 9.10. The minimum Gasteiger partial charge on any atom is -0.489 e. The maximum atomic E-state index is 13.0. The molecule has 4 rings (SSSR count). The van der Waals surface area contributed by atoms with Gasteiger partial charge in [-0.3, -0.25) is 4.79 Å². The van der Waals surface area contributed by atoms with Crippen molar-refractivity contribution >= 4 is 15.9 Å². The molecule has 1 aromatic heterocycles. The number of hydrogen-bond donors (Lipinski definition) is 1. The van der Waals surface area contributed by atoms with Gasteiger partial charge in [-0.2, -0.15) is 5.26 Å². The van der Waals surface area contributed by atoms with Crippen LogP contribution in [0.15, 0.2) is 88.1 Å². The molecule has 152 valence electrons. The van der Waals surface area contributed by atoms with Gasteiger partial charge in [0.25, 0.3) is 5.56 Å². The van der Waals surface area contributed by atoms with Gasteiger partial charge < -0.3 is 9.72 Å². The Labute approximate surface area is 186 Å². The minimum atomic E-state index is -0.436. The molecule has 0 amide bonds. The highest BCUT2D eigenvalue weighted by atomic mass is 79.9. The summed E-state index contributed by atoms with van der Waals surface area (Å²) in [7, 11) is 0. The molecule has 3 aromatic carbocycles. The minimum absolute atomic E-state index is 0.0744. The number of nitrogens with one attached hydrogen (secondary N) is 1. The molecule has 31 heavy (non-hydrogen) atoms. The second-order valence-corrected chi connectivity index (χ2v) is 7.77. The lowest BCUT2D eigenvalue weighted by Gasteiger charge is -2.10. The molecule has 0 aliphatic heterocycles. The maximum Gasteiger partial charge on any atom is 0.266 e. The number of H-pyrrole nitrogens is 1. The molecular weight excluding hydrogens is 459 g/mol. The van der Waals surface area contributed by atoms with Crippen molar-refractivity contribution in [2.24, 2.45) is 0 Å². The van der Waals surface area contributed by atoms with Crippen LogP contribution in [0.5, 0.6) is 5.75 Å². The number of nitrogens with zero attached hydrogens (tertiary/aromatic N) is 1. The second-order valence-electron chi connectivity index (χ2n) is 6.86. The number of benzene rings is 3. The number of halogens is 2. The molecule has 1 N–H and O–H groups in total. The van der Waals surface area contributed by atoms with E-state index in [1.807, 2.05) is 42.5 Å². The third kappa shape index (κ3) is 4.73. The predicted octanol–water partition coefficient (Wildman–Crippen LogP) is 6.06. The standard InChI is InChI=1S/C25H16BrFN2O2/c26-19-7-3-17(4-8-19)22-13-24(29-25(30)23(22)14-28)18-5-11-21(12-6-18)31-15-16-1-9-20(27)10-2-16/h1-13H,15H2,(H,29,30). The Kier molecular flexibility index (Phi) is 5.96. The van der Waals surface area contributed by atoms with Crippen molar-refractivity contribution in [2.75, 3.05) is 0 Å². The zero-order valence-electron chi connectivity index (χ0n) is 16.2. The van der Waals surface area contributed by atoms with Gasteiger partial charge in [0.05, 0.1) is 0 Å². The Bertz CT molecular complexity index is 1310. The molecule has 0 bridgehead atoms. The molecule has 0 saturated carbocycles. The van der Waals surface area contributed by atoms with Gasteiger partial charge in [-0.25, -0.2) is 4.39 Å². The smallest absolute Gasteiger partial charge is 0.266 e. The normalized spacial score (nSPS) is 10.5. The van der Waals surface area contributed by atoms with Gasteiger partial charge in [0, 0.05) is 15.7 Å². The lowest BCUT2D eigenvalue weighted by Crippen LogP contribution is -2.12. The van der Waals surface area contributed by atoms with E-state index in [4.69, 9.17) is 4.74 Å². The zero-order chi connectivity index (χ0) is 21.8. The first-order chi connectivity index (χ1) is 15.0. The second kappa shape index (κ2) is 8.99. The van der Waals surface area contributed by atoms with E-state index in [2.05, 4.69) is 20.9 Å². The van der Waals surface area contributed by atoms with Crippen molar-refractivity contribution in [3.05, 3.63) is 111 Å². The first kappa shape index (κ1) is 20.6. The van der Waals surface area contributed by atoms with E-state index in [-0.39, 0.29) is 11.4 Å². The average molecular weight is 475 g/mol. The Balaban J connectivity index is 1.60. The van der Waals surface area contributed by atoms with Gasteiger partial charge in [-0.15, -0.1) is 0 Å².